The summed E-state index contributed by atoms with van der Waals surface area (Å²) in [6, 6.07) is 11.7. The first kappa shape index (κ1) is 17.7. The molecule has 1 N–H and O–H groups in total. The maximum absolute atomic E-state index is 12.8. The molecule has 0 aromatic heterocycles. The molecule has 0 saturated heterocycles. The highest BCUT2D eigenvalue weighted by Crippen LogP contribution is 2.34. The van der Waals surface area contributed by atoms with Crippen LogP contribution in [0.5, 0.6) is 0 Å². The lowest BCUT2D eigenvalue weighted by atomic mass is 9.92. The van der Waals surface area contributed by atoms with Crippen LogP contribution in [0.2, 0.25) is 0 Å². The molecule has 0 fully saturated rings. The number of carbonyl (C=O) groups is 4. The molecule has 3 rings (SSSR count). The molecule has 5 heteroatoms. The second-order valence-corrected chi connectivity index (χ2v) is 6.38. The third-order valence-corrected chi connectivity index (χ3v) is 4.45. The van der Waals surface area contributed by atoms with Crippen LogP contribution in [0.15, 0.2) is 42.5 Å². The van der Waals surface area contributed by atoms with Crippen molar-refractivity contribution >= 4 is 28.9 Å². The minimum atomic E-state index is -1.38. The van der Waals surface area contributed by atoms with Gasteiger partial charge in [0.05, 0.1) is 11.3 Å². The third kappa shape index (κ3) is 3.08. The van der Waals surface area contributed by atoms with Gasteiger partial charge in [-0.2, -0.15) is 0 Å². The van der Waals surface area contributed by atoms with Crippen molar-refractivity contribution in [3.05, 3.63) is 64.7 Å². The number of anilines is 1. The van der Waals surface area contributed by atoms with E-state index in [1.807, 2.05) is 12.1 Å². The van der Waals surface area contributed by atoms with E-state index in [4.69, 9.17) is 0 Å². The Morgan fingerprint density at radius 1 is 1.00 bits per heavy atom. The first-order valence-corrected chi connectivity index (χ1v) is 8.56. The number of Topliss-reactive ketones (excluding diaryl/α,β-unsaturated/α-hetero) is 3. The van der Waals surface area contributed by atoms with E-state index in [1.54, 1.807) is 24.3 Å². The molecule has 0 heterocycles. The van der Waals surface area contributed by atoms with Crippen LogP contribution in [0.4, 0.5) is 5.69 Å². The lowest BCUT2D eigenvalue weighted by molar-refractivity contribution is -0.114. The second kappa shape index (κ2) is 7.04. The van der Waals surface area contributed by atoms with Gasteiger partial charge in [0.15, 0.2) is 17.3 Å². The fourth-order valence-corrected chi connectivity index (χ4v) is 3.26. The topological polar surface area (TPSA) is 80.3 Å². The summed E-state index contributed by atoms with van der Waals surface area (Å²) in [5.41, 5.74) is 2.01. The predicted octanol–water partition coefficient (Wildman–Crippen LogP) is 3.48. The quantitative estimate of drug-likeness (QED) is 0.662. The van der Waals surface area contributed by atoms with Gasteiger partial charge in [-0.15, -0.1) is 0 Å². The van der Waals surface area contributed by atoms with Gasteiger partial charge in [-0.05, 0) is 18.1 Å². The van der Waals surface area contributed by atoms with Gasteiger partial charge in [0, 0.05) is 18.1 Å². The number of ketones is 3. The van der Waals surface area contributed by atoms with E-state index in [0.717, 1.165) is 18.4 Å². The highest BCUT2D eigenvalue weighted by atomic mass is 16.2. The number of benzene rings is 2. The molecule has 1 aliphatic carbocycles. The van der Waals surface area contributed by atoms with Gasteiger partial charge < -0.3 is 5.32 Å². The summed E-state index contributed by atoms with van der Waals surface area (Å²) >= 11 is 0. The third-order valence-electron chi connectivity index (χ3n) is 4.45. The zero-order chi connectivity index (χ0) is 18.8. The maximum atomic E-state index is 12.8. The van der Waals surface area contributed by atoms with Crippen molar-refractivity contribution in [1.82, 2.24) is 0 Å². The normalized spacial score (nSPS) is 15.7. The zero-order valence-electron chi connectivity index (χ0n) is 14.7. The van der Waals surface area contributed by atoms with Gasteiger partial charge in [-0.3, -0.25) is 19.2 Å². The van der Waals surface area contributed by atoms with Crippen LogP contribution in [0.1, 0.15) is 56.9 Å². The summed E-state index contributed by atoms with van der Waals surface area (Å²) in [7, 11) is 0. The van der Waals surface area contributed by atoms with Gasteiger partial charge in [0.1, 0.15) is 5.92 Å². The van der Waals surface area contributed by atoms with E-state index in [-0.39, 0.29) is 22.7 Å². The Bertz CT molecular complexity index is 912. The SMILES string of the molecule is CCCc1ccc(C(=O)C2C(=O)c3cccc(NC(C)=O)c3C2=O)cc1. The van der Waals surface area contributed by atoms with Crippen molar-refractivity contribution in [3.63, 3.8) is 0 Å². The lowest BCUT2D eigenvalue weighted by Crippen LogP contribution is -2.26. The average molecular weight is 349 g/mol. The Morgan fingerprint density at radius 2 is 1.69 bits per heavy atom. The number of carbonyl (C=O) groups excluding carboxylic acids is 4. The van der Waals surface area contributed by atoms with Gasteiger partial charge in [0.25, 0.3) is 0 Å². The van der Waals surface area contributed by atoms with E-state index in [1.165, 1.54) is 13.0 Å². The molecule has 2 aromatic carbocycles. The minimum Gasteiger partial charge on any atom is -0.326 e. The van der Waals surface area contributed by atoms with Crippen LogP contribution in [0.3, 0.4) is 0 Å². The van der Waals surface area contributed by atoms with E-state index in [2.05, 4.69) is 12.2 Å². The summed E-state index contributed by atoms with van der Waals surface area (Å²) in [6.07, 6.45) is 1.90. The van der Waals surface area contributed by atoms with Crippen LogP contribution in [-0.4, -0.2) is 23.3 Å². The summed E-state index contributed by atoms with van der Waals surface area (Å²) in [5.74, 6) is -3.30. The summed E-state index contributed by atoms with van der Waals surface area (Å²) in [5, 5.41) is 2.55. The van der Waals surface area contributed by atoms with Gasteiger partial charge in [-0.25, -0.2) is 0 Å². The second-order valence-electron chi connectivity index (χ2n) is 6.38. The van der Waals surface area contributed by atoms with Crippen molar-refractivity contribution in [2.45, 2.75) is 26.7 Å². The maximum Gasteiger partial charge on any atom is 0.221 e. The van der Waals surface area contributed by atoms with Gasteiger partial charge >= 0.3 is 0 Å². The van der Waals surface area contributed by atoms with Crippen molar-refractivity contribution in [3.8, 4) is 0 Å². The molecule has 132 valence electrons. The number of rotatable bonds is 5. The first-order valence-electron chi connectivity index (χ1n) is 8.56. The van der Waals surface area contributed by atoms with Crippen LogP contribution in [-0.2, 0) is 11.2 Å². The highest BCUT2D eigenvalue weighted by Gasteiger charge is 2.44. The van der Waals surface area contributed by atoms with Gasteiger partial charge in [0.2, 0.25) is 5.91 Å². The minimum absolute atomic E-state index is 0.119. The van der Waals surface area contributed by atoms with Crippen LogP contribution < -0.4 is 5.32 Å². The van der Waals surface area contributed by atoms with Gasteiger partial charge in [-0.1, -0.05) is 49.7 Å². The molecule has 26 heavy (non-hydrogen) atoms. The number of hydrogen-bond donors (Lipinski definition) is 1. The molecule has 1 unspecified atom stereocenters. The molecule has 0 bridgehead atoms. The van der Waals surface area contributed by atoms with E-state index < -0.39 is 23.3 Å². The monoisotopic (exact) mass is 349 g/mol. The summed E-state index contributed by atoms with van der Waals surface area (Å²) in [6.45, 7) is 3.39. The Kier molecular flexibility index (Phi) is 4.80. The first-order chi connectivity index (χ1) is 12.4. The zero-order valence-corrected chi connectivity index (χ0v) is 14.7. The van der Waals surface area contributed by atoms with Crippen LogP contribution >= 0.6 is 0 Å². The van der Waals surface area contributed by atoms with Crippen molar-refractivity contribution in [1.29, 1.82) is 0 Å². The molecule has 2 aromatic rings. The largest absolute Gasteiger partial charge is 0.326 e. The number of fused-ring (bicyclic) bond motifs is 1. The number of hydrogen-bond acceptors (Lipinski definition) is 4. The average Bonchev–Trinajstić information content (AvgIpc) is 2.87. The fourth-order valence-electron chi connectivity index (χ4n) is 3.26. The van der Waals surface area contributed by atoms with Crippen LogP contribution in [0, 0.1) is 5.92 Å². The molecule has 1 atom stereocenters. The molecule has 0 saturated carbocycles. The molecular formula is C21H19NO4. The standard InChI is InChI=1S/C21H19NO4/c1-3-5-13-8-10-14(11-9-13)19(24)18-20(25)15-6-4-7-16(22-12(2)23)17(15)21(18)26/h4,6-11,18H,3,5H2,1-2H3,(H,22,23). The van der Waals surface area contributed by atoms with E-state index >= 15 is 0 Å². The molecule has 0 radical (unpaired) electrons. The Hall–Kier alpha value is -3.08. The van der Waals surface area contributed by atoms with E-state index in [0.29, 0.717) is 5.56 Å². The molecule has 1 aliphatic rings. The highest BCUT2D eigenvalue weighted by molar-refractivity contribution is 6.39. The number of amides is 1. The molecule has 1 amide bonds. The Labute approximate surface area is 151 Å². The molecule has 5 nitrogen and oxygen atoms in total. The number of nitrogens with one attached hydrogen (secondary N) is 1. The van der Waals surface area contributed by atoms with Crippen molar-refractivity contribution in [2.75, 3.05) is 5.32 Å². The molecule has 0 spiro atoms. The smallest absolute Gasteiger partial charge is 0.221 e. The predicted molar refractivity (Wildman–Crippen MR) is 97.7 cm³/mol. The van der Waals surface area contributed by atoms with Crippen molar-refractivity contribution < 1.29 is 19.2 Å². The summed E-state index contributed by atoms with van der Waals surface area (Å²) in [4.78, 5) is 49.6. The van der Waals surface area contributed by atoms with Crippen molar-refractivity contribution in [2.24, 2.45) is 5.92 Å². The van der Waals surface area contributed by atoms with Crippen LogP contribution in [0.25, 0.3) is 0 Å². The lowest BCUT2D eigenvalue weighted by Gasteiger charge is -2.08. The molecule has 0 aliphatic heterocycles. The number of aryl methyl sites for hydroxylation is 1. The Balaban J connectivity index is 1.94. The fraction of sp³-hybridized carbons (Fsp3) is 0.238. The van der Waals surface area contributed by atoms with E-state index in [9.17, 15) is 19.2 Å². The summed E-state index contributed by atoms with van der Waals surface area (Å²) < 4.78 is 0. The molecular weight excluding hydrogens is 330 g/mol. The Morgan fingerprint density at radius 3 is 2.31 bits per heavy atom.